The molecular weight excluding hydrogens is 588 g/mol. The van der Waals surface area contributed by atoms with E-state index in [0.717, 1.165) is 0 Å². The number of Topliss-reactive ketones (excluding diaryl/α,β-unsaturated/α-hetero) is 2. The zero-order chi connectivity index (χ0) is 33.5. The largest absolute Gasteiger partial charge is 0.508 e. The van der Waals surface area contributed by atoms with Crippen LogP contribution in [0.5, 0.6) is 5.75 Å². The molecule has 1 aromatic carbocycles. The Morgan fingerprint density at radius 1 is 1.11 bits per heavy atom. The number of esters is 2. The van der Waals surface area contributed by atoms with Crippen LogP contribution in [0.25, 0.3) is 5.76 Å². The third kappa shape index (κ3) is 5.50. The molecule has 13 heteroatoms. The van der Waals surface area contributed by atoms with Crippen molar-refractivity contribution in [2.75, 3.05) is 27.3 Å². The minimum atomic E-state index is -2.75. The summed E-state index contributed by atoms with van der Waals surface area (Å²) in [5, 5.41) is 45.1. The molecule has 0 bridgehead atoms. The number of primary amides is 1. The Balaban J connectivity index is 1.86. The lowest BCUT2D eigenvalue weighted by Crippen LogP contribution is -2.65. The predicted molar refractivity (Wildman–Crippen MR) is 158 cm³/mol. The molecule has 0 saturated heterocycles. The average molecular weight is 627 g/mol. The highest BCUT2D eigenvalue weighted by atomic mass is 16.5. The van der Waals surface area contributed by atoms with E-state index in [1.54, 1.807) is 19.9 Å². The van der Waals surface area contributed by atoms with Crippen molar-refractivity contribution in [3.8, 4) is 5.75 Å². The summed E-state index contributed by atoms with van der Waals surface area (Å²) in [7, 11) is 3.04. The normalized spacial score (nSPS) is 25.4. The first-order chi connectivity index (χ1) is 21.1. The fourth-order valence-electron chi connectivity index (χ4n) is 6.81. The van der Waals surface area contributed by atoms with Gasteiger partial charge in [0.15, 0.2) is 11.4 Å². The number of nitrogens with zero attached hydrogens (tertiary/aromatic N) is 1. The highest BCUT2D eigenvalue weighted by Crippen LogP contribution is 2.53. The van der Waals surface area contributed by atoms with Crippen LogP contribution in [-0.2, 0) is 46.3 Å². The zero-order valence-electron chi connectivity index (χ0n) is 25.7. The molecular formula is C32H38N2O11. The summed E-state index contributed by atoms with van der Waals surface area (Å²) < 4.78 is 10.3. The van der Waals surface area contributed by atoms with Gasteiger partial charge >= 0.3 is 11.9 Å². The summed E-state index contributed by atoms with van der Waals surface area (Å²) in [6, 6.07) is 1.63. The van der Waals surface area contributed by atoms with Crippen molar-refractivity contribution in [2.45, 2.75) is 51.7 Å². The predicted octanol–water partition coefficient (Wildman–Crippen LogP) is 1.20. The number of hydrogen-bond acceptors (Lipinski definition) is 12. The molecule has 1 amide bonds. The molecule has 4 rings (SSSR count). The molecule has 13 nitrogen and oxygen atoms in total. The lowest BCUT2D eigenvalue weighted by atomic mass is 9.57. The average Bonchev–Trinajstić information content (AvgIpc) is 2.95. The molecule has 0 spiro atoms. The van der Waals surface area contributed by atoms with E-state index in [-0.39, 0.29) is 54.9 Å². The maximum Gasteiger partial charge on any atom is 0.333 e. The highest BCUT2D eigenvalue weighted by molar-refractivity contribution is 6.24. The van der Waals surface area contributed by atoms with Crippen LogP contribution in [0, 0.1) is 17.8 Å². The molecule has 0 aromatic heterocycles. The van der Waals surface area contributed by atoms with Crippen LogP contribution in [-0.4, -0.2) is 93.7 Å². The van der Waals surface area contributed by atoms with E-state index in [1.165, 1.54) is 38.1 Å². The second kappa shape index (κ2) is 12.5. The third-order valence-corrected chi connectivity index (χ3v) is 8.78. The third-order valence-electron chi connectivity index (χ3n) is 8.78. The Bertz CT molecular complexity index is 1570. The molecule has 1 unspecified atom stereocenters. The van der Waals surface area contributed by atoms with Crippen LogP contribution in [0.2, 0.25) is 0 Å². The highest BCUT2D eigenvalue weighted by Gasteiger charge is 2.64. The van der Waals surface area contributed by atoms with Gasteiger partial charge in [-0.1, -0.05) is 12.1 Å². The van der Waals surface area contributed by atoms with Gasteiger partial charge in [0, 0.05) is 17.1 Å². The lowest BCUT2D eigenvalue weighted by molar-refractivity contribution is -0.153. The number of likely N-dealkylation sites (N-methyl/N-ethyl adjacent to an activating group) is 1. The molecule has 3 aliphatic carbocycles. The van der Waals surface area contributed by atoms with Crippen LogP contribution >= 0.6 is 0 Å². The van der Waals surface area contributed by atoms with Gasteiger partial charge in [0.2, 0.25) is 5.78 Å². The number of hydrogen-bond donors (Lipinski definition) is 5. The zero-order valence-corrected chi connectivity index (χ0v) is 25.7. The standard InChI is InChI=1S/C32H38N2O11/c1-6-44-30(41)14(3)10-17(31(42)45-7-2)11-15-8-9-20(35)22-18(15)12-16-13-19-24(34(4)5)26(37)23(29(33)40)28(39)32(19,43)27(38)21(16)25(22)36/h8-10,16-17,19,24,35-36,39,43H,6-7,11-13H2,1-5H3,(H2,33,40)/b14-10+/t16-,17?,19-,24-,32-/m1/s1. The summed E-state index contributed by atoms with van der Waals surface area (Å²) in [6.07, 6.45) is 1.40. The number of phenolic OH excluding ortho intramolecular Hbond substituents is 1. The minimum absolute atomic E-state index is 0.000850. The number of phenols is 1. The van der Waals surface area contributed by atoms with Gasteiger partial charge in [0.05, 0.1) is 30.7 Å². The Kier molecular flexibility index (Phi) is 9.27. The van der Waals surface area contributed by atoms with Gasteiger partial charge in [-0.25, -0.2) is 4.79 Å². The van der Waals surface area contributed by atoms with Crippen molar-refractivity contribution in [3.63, 3.8) is 0 Å². The van der Waals surface area contributed by atoms with Crippen LogP contribution in [0.3, 0.4) is 0 Å². The Morgan fingerprint density at radius 3 is 2.33 bits per heavy atom. The van der Waals surface area contributed by atoms with Crippen LogP contribution in [0.4, 0.5) is 0 Å². The number of carbonyl (C=O) groups is 5. The van der Waals surface area contributed by atoms with Crippen LogP contribution in [0.1, 0.15) is 43.9 Å². The Labute approximate surface area is 259 Å². The number of ketones is 2. The number of aromatic hydroxyl groups is 1. The van der Waals surface area contributed by atoms with E-state index < -0.39 is 75.9 Å². The number of carbonyl (C=O) groups excluding carboxylic acids is 5. The number of benzene rings is 1. The maximum absolute atomic E-state index is 14.0. The van der Waals surface area contributed by atoms with Crippen molar-refractivity contribution in [2.24, 2.45) is 23.5 Å². The van der Waals surface area contributed by atoms with E-state index in [0.29, 0.717) is 11.1 Å². The Hall–Kier alpha value is -4.49. The molecule has 1 saturated carbocycles. The fraction of sp³-hybridized carbons (Fsp3) is 0.469. The van der Waals surface area contributed by atoms with E-state index >= 15 is 0 Å². The van der Waals surface area contributed by atoms with Crippen molar-refractivity contribution < 1.29 is 53.9 Å². The van der Waals surface area contributed by atoms with Crippen molar-refractivity contribution >= 4 is 35.2 Å². The summed E-state index contributed by atoms with van der Waals surface area (Å²) in [6.45, 7) is 5.02. The first-order valence-electron chi connectivity index (χ1n) is 14.6. The van der Waals surface area contributed by atoms with Gasteiger partial charge in [-0.05, 0) is 77.2 Å². The van der Waals surface area contributed by atoms with Crippen molar-refractivity contribution in [1.29, 1.82) is 0 Å². The number of rotatable bonds is 9. The molecule has 5 atom stereocenters. The van der Waals surface area contributed by atoms with Crippen LogP contribution < -0.4 is 5.73 Å². The maximum atomic E-state index is 14.0. The van der Waals surface area contributed by atoms with Crippen molar-refractivity contribution in [1.82, 2.24) is 4.90 Å². The summed E-state index contributed by atoms with van der Waals surface area (Å²) in [5.41, 5.74) is 2.45. The number of fused-ring (bicyclic) bond motifs is 3. The van der Waals surface area contributed by atoms with Gasteiger partial charge in [-0.15, -0.1) is 0 Å². The molecule has 242 valence electrons. The molecule has 1 fully saturated rings. The van der Waals surface area contributed by atoms with Gasteiger partial charge in [-0.2, -0.15) is 0 Å². The lowest BCUT2D eigenvalue weighted by Gasteiger charge is -2.50. The smallest absolute Gasteiger partial charge is 0.333 e. The van der Waals surface area contributed by atoms with E-state index in [4.69, 9.17) is 15.2 Å². The monoisotopic (exact) mass is 626 g/mol. The molecule has 6 N–H and O–H groups in total. The molecule has 0 radical (unpaired) electrons. The molecule has 0 aliphatic heterocycles. The summed E-state index contributed by atoms with van der Waals surface area (Å²) in [5.74, 6) is -9.65. The van der Waals surface area contributed by atoms with Gasteiger partial charge < -0.3 is 35.6 Å². The van der Waals surface area contributed by atoms with Gasteiger partial charge in [-0.3, -0.25) is 24.1 Å². The summed E-state index contributed by atoms with van der Waals surface area (Å²) in [4.78, 5) is 66.2. The number of amides is 1. The number of ether oxygens (including phenoxy) is 2. The molecule has 1 aromatic rings. The first-order valence-corrected chi connectivity index (χ1v) is 14.6. The van der Waals surface area contributed by atoms with Crippen molar-refractivity contribution in [3.05, 3.63) is 57.4 Å². The number of aliphatic hydroxyl groups excluding tert-OH is 2. The van der Waals surface area contributed by atoms with Gasteiger partial charge in [0.1, 0.15) is 22.8 Å². The number of nitrogens with two attached hydrogens (primary N) is 1. The fourth-order valence-corrected chi connectivity index (χ4v) is 6.81. The topological polar surface area (TPSA) is 214 Å². The quantitative estimate of drug-likeness (QED) is 0.149. The Morgan fingerprint density at radius 2 is 1.76 bits per heavy atom. The van der Waals surface area contributed by atoms with Gasteiger partial charge in [0.25, 0.3) is 5.91 Å². The minimum Gasteiger partial charge on any atom is -0.508 e. The molecule has 45 heavy (non-hydrogen) atoms. The van der Waals surface area contributed by atoms with Crippen LogP contribution in [0.15, 0.2) is 40.7 Å². The second-order valence-corrected chi connectivity index (χ2v) is 11.7. The summed E-state index contributed by atoms with van der Waals surface area (Å²) >= 11 is 0. The molecule has 3 aliphatic rings. The molecule has 0 heterocycles. The van der Waals surface area contributed by atoms with E-state index in [9.17, 15) is 44.4 Å². The second-order valence-electron chi connectivity index (χ2n) is 11.7. The number of aliphatic hydroxyl groups is 3. The van der Waals surface area contributed by atoms with E-state index in [1.807, 2.05) is 0 Å². The SMILES string of the molecule is CCOC(=O)/C(C)=C/C(Cc1ccc(O)c2c1C[C@@H]1C[C@@H]3[C@@H](N(C)C)C(=O)C(C(N)=O)=C(O)[C@]3(O)C(=O)C1=C2O)C(=O)OCC. The first kappa shape index (κ1) is 33.4. The van der Waals surface area contributed by atoms with E-state index in [2.05, 4.69) is 0 Å².